The lowest BCUT2D eigenvalue weighted by atomic mass is 10.1. The third-order valence-electron chi connectivity index (χ3n) is 5.01. The van der Waals surface area contributed by atoms with Crippen LogP contribution in [-0.4, -0.2) is 51.1 Å². The number of nitrogens with one attached hydrogen (secondary N) is 1. The number of aromatic nitrogens is 5. The van der Waals surface area contributed by atoms with Gasteiger partial charge in [0.15, 0.2) is 5.13 Å². The molecule has 0 atom stereocenters. The lowest BCUT2D eigenvalue weighted by Crippen LogP contribution is -2.14. The van der Waals surface area contributed by atoms with E-state index in [0.717, 1.165) is 22.4 Å². The Morgan fingerprint density at radius 3 is 2.82 bits per heavy atom. The van der Waals surface area contributed by atoms with E-state index < -0.39 is 0 Å². The minimum atomic E-state index is -0.200. The maximum absolute atomic E-state index is 12.6. The SMILES string of the molecule is COc1ccc(OC)c(-c2csc(NC(=O)CSc3nnnn3-c3cccc(C)c3C)n2)c1. The first-order valence-corrected chi connectivity index (χ1v) is 11.8. The molecule has 0 aliphatic heterocycles. The molecular formula is C22H22N6O3S2. The van der Waals surface area contributed by atoms with Crippen LogP contribution in [0.15, 0.2) is 46.9 Å². The molecule has 0 aliphatic carbocycles. The summed E-state index contributed by atoms with van der Waals surface area (Å²) in [4.78, 5) is 17.1. The van der Waals surface area contributed by atoms with Crippen molar-refractivity contribution in [1.29, 1.82) is 0 Å². The Morgan fingerprint density at radius 1 is 1.18 bits per heavy atom. The van der Waals surface area contributed by atoms with Gasteiger partial charge >= 0.3 is 0 Å². The van der Waals surface area contributed by atoms with Gasteiger partial charge < -0.3 is 14.8 Å². The number of thiazole rings is 1. The summed E-state index contributed by atoms with van der Waals surface area (Å²) in [7, 11) is 3.20. The van der Waals surface area contributed by atoms with Crippen LogP contribution < -0.4 is 14.8 Å². The average molecular weight is 483 g/mol. The van der Waals surface area contributed by atoms with Crippen molar-refractivity contribution in [3.63, 3.8) is 0 Å². The fraction of sp³-hybridized carbons (Fsp3) is 0.227. The number of thioether (sulfide) groups is 1. The molecule has 170 valence electrons. The third kappa shape index (κ3) is 4.99. The van der Waals surface area contributed by atoms with E-state index in [2.05, 4.69) is 25.8 Å². The Morgan fingerprint density at radius 2 is 2.03 bits per heavy atom. The summed E-state index contributed by atoms with van der Waals surface area (Å²) in [5, 5.41) is 17.7. The van der Waals surface area contributed by atoms with Crippen molar-refractivity contribution < 1.29 is 14.3 Å². The summed E-state index contributed by atoms with van der Waals surface area (Å²) in [5.74, 6) is 1.31. The van der Waals surface area contributed by atoms with Gasteiger partial charge in [-0.15, -0.1) is 16.4 Å². The Kier molecular flexibility index (Phi) is 6.90. The molecule has 33 heavy (non-hydrogen) atoms. The monoisotopic (exact) mass is 482 g/mol. The maximum Gasteiger partial charge on any atom is 0.236 e. The largest absolute Gasteiger partial charge is 0.497 e. The van der Waals surface area contributed by atoms with Crippen molar-refractivity contribution in [1.82, 2.24) is 25.2 Å². The second kappa shape index (κ2) is 10.0. The Balaban J connectivity index is 1.43. The van der Waals surface area contributed by atoms with Crippen molar-refractivity contribution in [2.45, 2.75) is 19.0 Å². The molecule has 9 nitrogen and oxygen atoms in total. The number of nitrogens with zero attached hydrogens (tertiary/aromatic N) is 5. The van der Waals surface area contributed by atoms with Crippen LogP contribution in [-0.2, 0) is 4.79 Å². The first-order chi connectivity index (χ1) is 16.0. The molecule has 0 saturated heterocycles. The standard InChI is InChI=1S/C22H22N6O3S2/c1-13-6-5-7-18(14(13)2)28-22(25-26-27-28)33-12-20(29)24-21-23-17(11-32-21)16-10-15(30-3)8-9-19(16)31-4/h5-11H,12H2,1-4H3,(H,23,24,29). The van der Waals surface area contributed by atoms with E-state index in [9.17, 15) is 4.79 Å². The average Bonchev–Trinajstić information content (AvgIpc) is 3.48. The topological polar surface area (TPSA) is 104 Å². The highest BCUT2D eigenvalue weighted by molar-refractivity contribution is 7.99. The molecule has 0 radical (unpaired) electrons. The number of amides is 1. The van der Waals surface area contributed by atoms with E-state index in [1.807, 2.05) is 55.6 Å². The van der Waals surface area contributed by atoms with Crippen LogP contribution in [0.4, 0.5) is 5.13 Å². The van der Waals surface area contributed by atoms with Crippen LogP contribution in [0, 0.1) is 13.8 Å². The normalized spacial score (nSPS) is 10.8. The number of carbonyl (C=O) groups is 1. The van der Waals surface area contributed by atoms with Crippen molar-refractivity contribution >= 4 is 34.1 Å². The number of ether oxygens (including phenoxy) is 2. The Bertz CT molecular complexity index is 1290. The van der Waals surface area contributed by atoms with Crippen LogP contribution in [0.25, 0.3) is 16.9 Å². The highest BCUT2D eigenvalue weighted by Gasteiger charge is 2.16. The fourth-order valence-corrected chi connectivity index (χ4v) is 4.55. The molecule has 2 heterocycles. The Labute approximate surface area is 199 Å². The second-order valence-corrected chi connectivity index (χ2v) is 8.83. The third-order valence-corrected chi connectivity index (χ3v) is 6.69. The molecule has 0 spiro atoms. The van der Waals surface area contributed by atoms with Gasteiger partial charge in [-0.2, -0.15) is 4.68 Å². The highest BCUT2D eigenvalue weighted by atomic mass is 32.2. The zero-order chi connectivity index (χ0) is 23.4. The molecule has 1 amide bonds. The first-order valence-electron chi connectivity index (χ1n) is 9.95. The lowest BCUT2D eigenvalue weighted by Gasteiger charge is -2.09. The molecule has 1 N–H and O–H groups in total. The molecule has 11 heteroatoms. The number of carbonyl (C=O) groups excluding carboxylic acids is 1. The van der Waals surface area contributed by atoms with Crippen molar-refractivity contribution in [2.75, 3.05) is 25.3 Å². The second-order valence-electron chi connectivity index (χ2n) is 7.03. The minimum absolute atomic E-state index is 0.141. The molecule has 4 rings (SSSR count). The number of anilines is 1. The highest BCUT2D eigenvalue weighted by Crippen LogP contribution is 2.35. The zero-order valence-electron chi connectivity index (χ0n) is 18.5. The van der Waals surface area contributed by atoms with E-state index in [1.165, 1.54) is 23.1 Å². The minimum Gasteiger partial charge on any atom is -0.497 e. The number of benzene rings is 2. The van der Waals surface area contributed by atoms with E-state index in [-0.39, 0.29) is 11.7 Å². The molecule has 0 bridgehead atoms. The predicted octanol–water partition coefficient (Wildman–Crippen LogP) is 4.15. The Hall–Kier alpha value is -3.44. The summed E-state index contributed by atoms with van der Waals surface area (Å²) in [6, 6.07) is 11.4. The predicted molar refractivity (Wildman–Crippen MR) is 129 cm³/mol. The molecule has 0 unspecified atom stereocenters. The van der Waals surface area contributed by atoms with Crippen LogP contribution in [0.3, 0.4) is 0 Å². The first kappa shape index (κ1) is 22.7. The molecule has 2 aromatic heterocycles. The van der Waals surface area contributed by atoms with Gasteiger partial charge in [0.2, 0.25) is 11.1 Å². The van der Waals surface area contributed by atoms with Crippen LogP contribution in [0.1, 0.15) is 11.1 Å². The molecule has 0 saturated carbocycles. The van der Waals surface area contributed by atoms with Crippen molar-refractivity contribution in [3.05, 3.63) is 52.9 Å². The van der Waals surface area contributed by atoms with Crippen LogP contribution in [0.2, 0.25) is 0 Å². The summed E-state index contributed by atoms with van der Waals surface area (Å²) in [5.41, 5.74) is 4.59. The van der Waals surface area contributed by atoms with Gasteiger partial charge in [0.1, 0.15) is 11.5 Å². The number of hydrogen-bond donors (Lipinski definition) is 1. The van der Waals surface area contributed by atoms with Gasteiger partial charge in [0.05, 0.1) is 31.4 Å². The fourth-order valence-electron chi connectivity index (χ4n) is 3.14. The van der Waals surface area contributed by atoms with Crippen LogP contribution in [0.5, 0.6) is 11.5 Å². The van der Waals surface area contributed by atoms with Gasteiger partial charge in [-0.25, -0.2) is 4.98 Å². The maximum atomic E-state index is 12.6. The van der Waals surface area contributed by atoms with Gasteiger partial charge in [0.25, 0.3) is 0 Å². The van der Waals surface area contributed by atoms with Crippen molar-refractivity contribution in [3.8, 4) is 28.4 Å². The number of aryl methyl sites for hydroxylation is 1. The zero-order valence-corrected chi connectivity index (χ0v) is 20.2. The molecular weight excluding hydrogens is 460 g/mol. The van der Waals surface area contributed by atoms with E-state index in [1.54, 1.807) is 18.9 Å². The molecule has 0 fully saturated rings. The van der Waals surface area contributed by atoms with Crippen molar-refractivity contribution in [2.24, 2.45) is 0 Å². The summed E-state index contributed by atoms with van der Waals surface area (Å²) < 4.78 is 12.4. The van der Waals surface area contributed by atoms with Gasteiger partial charge in [0, 0.05) is 10.9 Å². The van der Waals surface area contributed by atoms with E-state index in [4.69, 9.17) is 9.47 Å². The lowest BCUT2D eigenvalue weighted by molar-refractivity contribution is -0.113. The number of tetrazole rings is 1. The van der Waals surface area contributed by atoms with Gasteiger partial charge in [-0.05, 0) is 59.7 Å². The number of hydrogen-bond acceptors (Lipinski definition) is 9. The summed E-state index contributed by atoms with van der Waals surface area (Å²) in [6.45, 7) is 4.05. The summed E-state index contributed by atoms with van der Waals surface area (Å²) in [6.07, 6.45) is 0. The molecule has 2 aromatic carbocycles. The van der Waals surface area contributed by atoms with Crippen LogP contribution >= 0.6 is 23.1 Å². The number of methoxy groups -OCH3 is 2. The van der Waals surface area contributed by atoms with E-state index in [0.29, 0.717) is 27.5 Å². The van der Waals surface area contributed by atoms with E-state index >= 15 is 0 Å². The quantitative estimate of drug-likeness (QED) is 0.374. The summed E-state index contributed by atoms with van der Waals surface area (Å²) >= 11 is 2.60. The molecule has 4 aromatic rings. The van der Waals surface area contributed by atoms with Gasteiger partial charge in [-0.3, -0.25) is 4.79 Å². The smallest absolute Gasteiger partial charge is 0.236 e. The molecule has 0 aliphatic rings. The van der Waals surface area contributed by atoms with Gasteiger partial charge in [-0.1, -0.05) is 23.9 Å². The number of rotatable bonds is 8.